The number of nitrogens with zero attached hydrogens (tertiary/aromatic N) is 3. The third-order valence-electron chi connectivity index (χ3n) is 5.29. The predicted octanol–water partition coefficient (Wildman–Crippen LogP) is 3.36. The molecule has 2 rings (SSSR count). The standard InChI is InChI=1S/C21H34N4O6S/c1-15(2)24(20(26)31-21(3,4)5)14-16-8-7-11-23(13-16)18-10-9-17(32(29,30)22-6)12-19(18)25(27)28/h9-10,12,15-16,22H,7-8,11,13-14H2,1-6H3. The number of amides is 1. The fourth-order valence-electron chi connectivity index (χ4n) is 3.73. The number of nitro groups is 1. The number of carbonyl (C=O) groups is 1. The largest absolute Gasteiger partial charge is 0.444 e. The van der Waals surface area contributed by atoms with Crippen molar-refractivity contribution < 1.29 is 22.9 Å². The van der Waals surface area contributed by atoms with Gasteiger partial charge < -0.3 is 14.5 Å². The number of carbonyl (C=O) groups excluding carboxylic acids is 1. The lowest BCUT2D eigenvalue weighted by atomic mass is 9.96. The quantitative estimate of drug-likeness (QED) is 0.479. The molecule has 0 aliphatic carbocycles. The molecule has 10 nitrogen and oxygen atoms in total. The normalized spacial score (nSPS) is 17.3. The summed E-state index contributed by atoms with van der Waals surface area (Å²) in [6, 6.07) is 3.89. The molecule has 1 aliphatic heterocycles. The van der Waals surface area contributed by atoms with E-state index in [1.54, 1.807) is 4.90 Å². The van der Waals surface area contributed by atoms with Crippen molar-refractivity contribution in [3.8, 4) is 0 Å². The lowest BCUT2D eigenvalue weighted by Crippen LogP contribution is -2.47. The van der Waals surface area contributed by atoms with Crippen LogP contribution in [-0.4, -0.2) is 62.7 Å². The van der Waals surface area contributed by atoms with E-state index in [0.717, 1.165) is 18.9 Å². The van der Waals surface area contributed by atoms with E-state index in [2.05, 4.69) is 4.72 Å². The van der Waals surface area contributed by atoms with Gasteiger partial charge in [-0.25, -0.2) is 17.9 Å². The van der Waals surface area contributed by atoms with E-state index in [1.807, 2.05) is 39.5 Å². The summed E-state index contributed by atoms with van der Waals surface area (Å²) in [4.78, 5) is 27.2. The van der Waals surface area contributed by atoms with Gasteiger partial charge in [0.25, 0.3) is 5.69 Å². The van der Waals surface area contributed by atoms with E-state index < -0.39 is 20.5 Å². The highest BCUT2D eigenvalue weighted by Gasteiger charge is 2.31. The molecule has 1 fully saturated rings. The number of nitrogens with one attached hydrogen (secondary N) is 1. The first kappa shape index (κ1) is 25.9. The molecule has 0 spiro atoms. The zero-order chi connectivity index (χ0) is 24.3. The van der Waals surface area contributed by atoms with Crippen molar-refractivity contribution in [3.05, 3.63) is 28.3 Å². The van der Waals surface area contributed by atoms with E-state index in [1.165, 1.54) is 19.2 Å². The molecule has 1 heterocycles. The highest BCUT2D eigenvalue weighted by molar-refractivity contribution is 7.89. The summed E-state index contributed by atoms with van der Waals surface area (Å²) < 4.78 is 31.9. The van der Waals surface area contributed by atoms with E-state index in [0.29, 0.717) is 25.3 Å². The maximum atomic E-state index is 12.7. The van der Waals surface area contributed by atoms with Crippen LogP contribution < -0.4 is 9.62 Å². The Morgan fingerprint density at radius 2 is 2.03 bits per heavy atom. The van der Waals surface area contributed by atoms with E-state index in [4.69, 9.17) is 4.74 Å². The monoisotopic (exact) mass is 470 g/mol. The fourth-order valence-corrected chi connectivity index (χ4v) is 4.48. The molecule has 1 saturated heterocycles. The van der Waals surface area contributed by atoms with Crippen LogP contribution in [0.2, 0.25) is 0 Å². The number of ether oxygens (including phenoxy) is 1. The lowest BCUT2D eigenvalue weighted by Gasteiger charge is -2.38. The molecule has 1 aliphatic rings. The summed E-state index contributed by atoms with van der Waals surface area (Å²) in [5.74, 6) is 0.0963. The van der Waals surface area contributed by atoms with Gasteiger partial charge in [0.15, 0.2) is 0 Å². The average molecular weight is 471 g/mol. The van der Waals surface area contributed by atoms with Crippen LogP contribution in [0.15, 0.2) is 23.1 Å². The minimum Gasteiger partial charge on any atom is -0.444 e. The van der Waals surface area contributed by atoms with Gasteiger partial charge in [0, 0.05) is 31.7 Å². The van der Waals surface area contributed by atoms with Gasteiger partial charge >= 0.3 is 6.09 Å². The molecule has 1 aromatic carbocycles. The van der Waals surface area contributed by atoms with Crippen LogP contribution in [0.1, 0.15) is 47.5 Å². The van der Waals surface area contributed by atoms with Gasteiger partial charge in [0.1, 0.15) is 11.3 Å². The summed E-state index contributed by atoms with van der Waals surface area (Å²) in [5, 5.41) is 11.7. The number of nitro benzene ring substituents is 1. The van der Waals surface area contributed by atoms with Crippen LogP contribution in [0, 0.1) is 16.0 Å². The molecule has 1 atom stereocenters. The first-order chi connectivity index (χ1) is 14.7. The van der Waals surface area contributed by atoms with Crippen molar-refractivity contribution in [2.75, 3.05) is 31.6 Å². The first-order valence-corrected chi connectivity index (χ1v) is 12.2. The highest BCUT2D eigenvalue weighted by Crippen LogP contribution is 2.34. The van der Waals surface area contributed by atoms with Gasteiger partial charge in [-0.15, -0.1) is 0 Å². The van der Waals surface area contributed by atoms with Crippen molar-refractivity contribution in [2.45, 2.75) is 64.0 Å². The Balaban J connectivity index is 2.25. The van der Waals surface area contributed by atoms with Gasteiger partial charge in [-0.05, 0) is 72.6 Å². The van der Waals surface area contributed by atoms with Crippen molar-refractivity contribution in [1.29, 1.82) is 0 Å². The van der Waals surface area contributed by atoms with Gasteiger partial charge in [-0.1, -0.05) is 0 Å². The topological polar surface area (TPSA) is 122 Å². The summed E-state index contributed by atoms with van der Waals surface area (Å²) in [7, 11) is -2.53. The second-order valence-electron chi connectivity index (χ2n) is 9.30. The third kappa shape index (κ3) is 6.55. The van der Waals surface area contributed by atoms with Gasteiger partial charge in [-0.2, -0.15) is 0 Å². The molecule has 1 aromatic rings. The van der Waals surface area contributed by atoms with E-state index in [9.17, 15) is 23.3 Å². The average Bonchev–Trinajstić information content (AvgIpc) is 2.70. The molecule has 32 heavy (non-hydrogen) atoms. The third-order valence-corrected chi connectivity index (χ3v) is 6.70. The van der Waals surface area contributed by atoms with Gasteiger partial charge in [-0.3, -0.25) is 10.1 Å². The molecule has 0 aromatic heterocycles. The lowest BCUT2D eigenvalue weighted by molar-refractivity contribution is -0.384. The van der Waals surface area contributed by atoms with E-state index in [-0.39, 0.29) is 28.6 Å². The van der Waals surface area contributed by atoms with Gasteiger partial charge in [0.2, 0.25) is 10.0 Å². The Morgan fingerprint density at radius 3 is 2.56 bits per heavy atom. The number of rotatable bonds is 7. The highest BCUT2D eigenvalue weighted by atomic mass is 32.2. The molecule has 180 valence electrons. The molecular formula is C21H34N4O6S. The zero-order valence-electron chi connectivity index (χ0n) is 19.6. The summed E-state index contributed by atoms with van der Waals surface area (Å²) in [5.41, 5.74) is -0.475. The molecule has 1 amide bonds. The summed E-state index contributed by atoms with van der Waals surface area (Å²) >= 11 is 0. The fraction of sp³-hybridized carbons (Fsp3) is 0.667. The SMILES string of the molecule is CNS(=O)(=O)c1ccc(N2CCCC(CN(C(=O)OC(C)(C)C)C(C)C)C2)c([N+](=O)[O-])c1. The zero-order valence-corrected chi connectivity index (χ0v) is 20.4. The van der Waals surface area contributed by atoms with Crippen LogP contribution in [0.3, 0.4) is 0 Å². The Hall–Kier alpha value is -2.40. The minimum atomic E-state index is -3.79. The number of benzene rings is 1. The Morgan fingerprint density at radius 1 is 1.38 bits per heavy atom. The van der Waals surface area contributed by atoms with Crippen LogP contribution in [0.5, 0.6) is 0 Å². The van der Waals surface area contributed by atoms with Crippen LogP contribution in [0.4, 0.5) is 16.2 Å². The smallest absolute Gasteiger partial charge is 0.410 e. The molecule has 1 N–H and O–H groups in total. The second kappa shape index (κ2) is 10.0. The van der Waals surface area contributed by atoms with Crippen molar-refractivity contribution >= 4 is 27.5 Å². The van der Waals surface area contributed by atoms with Crippen LogP contribution in [-0.2, 0) is 14.8 Å². The molecule has 0 radical (unpaired) electrons. The van der Waals surface area contributed by atoms with Crippen molar-refractivity contribution in [1.82, 2.24) is 9.62 Å². The maximum absolute atomic E-state index is 12.7. The minimum absolute atomic E-state index is 0.0550. The molecule has 11 heteroatoms. The second-order valence-corrected chi connectivity index (χ2v) is 11.2. The number of hydrogen-bond acceptors (Lipinski definition) is 7. The number of piperidine rings is 1. The molecule has 1 unspecified atom stereocenters. The number of anilines is 1. The summed E-state index contributed by atoms with van der Waals surface area (Å²) in [6.07, 6.45) is 1.30. The first-order valence-electron chi connectivity index (χ1n) is 10.7. The van der Waals surface area contributed by atoms with Crippen LogP contribution in [0.25, 0.3) is 0 Å². The predicted molar refractivity (Wildman–Crippen MR) is 122 cm³/mol. The van der Waals surface area contributed by atoms with E-state index >= 15 is 0 Å². The Labute approximate surface area is 190 Å². The number of sulfonamides is 1. The van der Waals surface area contributed by atoms with Crippen molar-refractivity contribution in [2.24, 2.45) is 5.92 Å². The Bertz CT molecular complexity index is 942. The molecule has 0 saturated carbocycles. The molecule has 0 bridgehead atoms. The number of hydrogen-bond donors (Lipinski definition) is 1. The van der Waals surface area contributed by atoms with Crippen LogP contribution >= 0.6 is 0 Å². The van der Waals surface area contributed by atoms with Gasteiger partial charge in [0.05, 0.1) is 9.82 Å². The van der Waals surface area contributed by atoms with Crippen molar-refractivity contribution in [3.63, 3.8) is 0 Å². The summed E-state index contributed by atoms with van der Waals surface area (Å²) in [6.45, 7) is 10.9. The Kier molecular flexibility index (Phi) is 8.11. The molecular weight excluding hydrogens is 436 g/mol. The maximum Gasteiger partial charge on any atom is 0.410 e.